The summed E-state index contributed by atoms with van der Waals surface area (Å²) in [6, 6.07) is 7.50. The zero-order valence-electron chi connectivity index (χ0n) is 19.4. The average Bonchev–Trinajstić information content (AvgIpc) is 3.10. The van der Waals surface area contributed by atoms with Gasteiger partial charge in [0.25, 0.3) is 0 Å². The van der Waals surface area contributed by atoms with E-state index in [1.807, 2.05) is 18.2 Å². The van der Waals surface area contributed by atoms with E-state index in [1.165, 1.54) is 44.1 Å². The molecule has 1 aromatic carbocycles. The molecule has 3 heteroatoms. The van der Waals surface area contributed by atoms with Crippen LogP contribution in [0.2, 0.25) is 0 Å². The van der Waals surface area contributed by atoms with Crippen molar-refractivity contribution in [1.29, 1.82) is 0 Å². The number of nitrogens with zero attached hydrogens (tertiary/aromatic N) is 1. The van der Waals surface area contributed by atoms with Gasteiger partial charge < -0.3 is 4.90 Å². The van der Waals surface area contributed by atoms with E-state index in [1.54, 1.807) is 12.1 Å². The predicted molar refractivity (Wildman–Crippen MR) is 123 cm³/mol. The third kappa shape index (κ3) is 3.29. The lowest BCUT2D eigenvalue weighted by Crippen LogP contribution is -2.60. The summed E-state index contributed by atoms with van der Waals surface area (Å²) in [6.45, 7) is 7.99. The highest BCUT2D eigenvalue weighted by Crippen LogP contribution is 2.66. The van der Waals surface area contributed by atoms with Gasteiger partial charge in [-0.15, -0.1) is 0 Å². The van der Waals surface area contributed by atoms with Gasteiger partial charge in [-0.1, -0.05) is 32.1 Å². The molecule has 31 heavy (non-hydrogen) atoms. The lowest BCUT2D eigenvalue weighted by molar-refractivity contribution is -0.141. The van der Waals surface area contributed by atoms with Gasteiger partial charge in [0.1, 0.15) is 5.82 Å². The molecule has 0 saturated heterocycles. The quantitative estimate of drug-likeness (QED) is 0.548. The van der Waals surface area contributed by atoms with E-state index in [0.717, 1.165) is 37.1 Å². The number of benzene rings is 1. The van der Waals surface area contributed by atoms with Crippen molar-refractivity contribution >= 4 is 5.91 Å². The summed E-state index contributed by atoms with van der Waals surface area (Å²) < 4.78 is 13.3. The van der Waals surface area contributed by atoms with Gasteiger partial charge >= 0.3 is 0 Å². The Morgan fingerprint density at radius 1 is 1.03 bits per heavy atom. The number of amides is 1. The van der Waals surface area contributed by atoms with Crippen molar-refractivity contribution < 1.29 is 9.18 Å². The highest BCUT2D eigenvalue weighted by molar-refractivity contribution is 5.89. The number of hydrogen-bond donors (Lipinski definition) is 0. The standard InChI is InChI=1S/C28H38FNO/c1-4-30-25-14-12-22-23-13-9-20(8-5-19-6-10-21(29)11-7-19)27(23,2)17-15-24(22)28(25,3)18-16-26(30)31/h6-7,10-11,16,18,20,22-25H,4-5,8-9,12-15,17H2,1-3H3/t20-,22-,23-,24-,25?,27+,28+/m0/s1. The molecule has 1 heterocycles. The Morgan fingerprint density at radius 2 is 1.81 bits per heavy atom. The molecule has 4 aliphatic rings. The summed E-state index contributed by atoms with van der Waals surface area (Å²) >= 11 is 0. The zero-order chi connectivity index (χ0) is 21.8. The molecule has 0 spiro atoms. The van der Waals surface area contributed by atoms with Crippen LogP contribution in [0.25, 0.3) is 0 Å². The molecule has 5 rings (SSSR count). The number of likely N-dealkylation sites (N-methyl/N-ethyl adjacent to an activating group) is 1. The molecule has 0 N–H and O–H groups in total. The first-order valence-electron chi connectivity index (χ1n) is 12.6. The van der Waals surface area contributed by atoms with Crippen molar-refractivity contribution in [3.63, 3.8) is 0 Å². The van der Waals surface area contributed by atoms with Gasteiger partial charge in [-0.2, -0.15) is 0 Å². The SMILES string of the molecule is CCN1C(=O)C=C[C@@]2(C)C1CC[C@H]1[C@@H]3CC[C@H](CCc4ccc(F)cc4)[C@@]3(C)CC[C@@H]12. The van der Waals surface area contributed by atoms with Gasteiger partial charge in [0.2, 0.25) is 5.91 Å². The zero-order valence-corrected chi connectivity index (χ0v) is 19.4. The third-order valence-electron chi connectivity index (χ3n) is 10.2. The number of rotatable bonds is 4. The summed E-state index contributed by atoms with van der Waals surface area (Å²) in [7, 11) is 0. The molecule has 3 fully saturated rings. The molecule has 2 nitrogen and oxygen atoms in total. The Bertz CT molecular complexity index is 862. The Labute approximate surface area is 187 Å². The minimum Gasteiger partial charge on any atom is -0.336 e. The largest absolute Gasteiger partial charge is 0.336 e. The van der Waals surface area contributed by atoms with E-state index >= 15 is 0 Å². The predicted octanol–water partition coefficient (Wildman–Crippen LogP) is 6.40. The van der Waals surface area contributed by atoms with E-state index < -0.39 is 0 Å². The van der Waals surface area contributed by atoms with Crippen LogP contribution in [0.4, 0.5) is 4.39 Å². The molecule has 3 aliphatic carbocycles. The van der Waals surface area contributed by atoms with E-state index in [0.29, 0.717) is 17.4 Å². The van der Waals surface area contributed by atoms with Gasteiger partial charge in [-0.05, 0) is 111 Å². The number of aryl methyl sites for hydroxylation is 1. The van der Waals surface area contributed by atoms with E-state index in [4.69, 9.17) is 0 Å². The monoisotopic (exact) mass is 423 g/mol. The van der Waals surface area contributed by atoms with Gasteiger partial charge in [0.15, 0.2) is 0 Å². The number of carbonyl (C=O) groups excluding carboxylic acids is 1. The summed E-state index contributed by atoms with van der Waals surface area (Å²) in [4.78, 5) is 14.6. The number of fused-ring (bicyclic) bond motifs is 5. The van der Waals surface area contributed by atoms with Crippen molar-refractivity contribution in [2.75, 3.05) is 6.54 Å². The third-order valence-corrected chi connectivity index (χ3v) is 10.2. The molecule has 168 valence electrons. The highest BCUT2D eigenvalue weighted by Gasteiger charge is 2.60. The Kier molecular flexibility index (Phi) is 5.30. The second-order valence-electron chi connectivity index (χ2n) is 11.3. The molecule has 1 unspecified atom stereocenters. The van der Waals surface area contributed by atoms with Gasteiger partial charge in [0.05, 0.1) is 0 Å². The molecule has 1 amide bonds. The lowest BCUT2D eigenvalue weighted by atomic mass is 9.47. The number of hydrogen-bond acceptors (Lipinski definition) is 1. The number of halogens is 1. The summed E-state index contributed by atoms with van der Waals surface area (Å²) in [6.07, 6.45) is 14.3. The van der Waals surface area contributed by atoms with Crippen molar-refractivity contribution in [1.82, 2.24) is 4.90 Å². The van der Waals surface area contributed by atoms with Crippen LogP contribution in [0.15, 0.2) is 36.4 Å². The first kappa shape index (κ1) is 21.2. The number of carbonyl (C=O) groups is 1. The Morgan fingerprint density at radius 3 is 2.55 bits per heavy atom. The normalized spacial score (nSPS) is 41.6. The smallest absolute Gasteiger partial charge is 0.246 e. The van der Waals surface area contributed by atoms with E-state index in [2.05, 4.69) is 31.7 Å². The van der Waals surface area contributed by atoms with Gasteiger partial charge in [-0.3, -0.25) is 4.79 Å². The molecule has 3 saturated carbocycles. The Balaban J connectivity index is 1.33. The highest BCUT2D eigenvalue weighted by atomic mass is 19.1. The molecule has 0 aromatic heterocycles. The van der Waals surface area contributed by atoms with Gasteiger partial charge in [-0.25, -0.2) is 4.39 Å². The lowest BCUT2D eigenvalue weighted by Gasteiger charge is -2.60. The fourth-order valence-electron chi connectivity index (χ4n) is 8.55. The van der Waals surface area contributed by atoms with Crippen molar-refractivity contribution in [2.45, 2.75) is 78.2 Å². The molecular weight excluding hydrogens is 385 g/mol. The summed E-state index contributed by atoms with van der Waals surface area (Å²) in [5.41, 5.74) is 1.86. The molecule has 1 aromatic rings. The van der Waals surface area contributed by atoms with Crippen molar-refractivity contribution in [3.8, 4) is 0 Å². The molecule has 7 atom stereocenters. The fraction of sp³-hybridized carbons (Fsp3) is 0.679. The molecule has 0 radical (unpaired) electrons. The van der Waals surface area contributed by atoms with Crippen molar-refractivity contribution in [3.05, 3.63) is 47.8 Å². The maximum Gasteiger partial charge on any atom is 0.246 e. The topological polar surface area (TPSA) is 20.3 Å². The average molecular weight is 424 g/mol. The maximum atomic E-state index is 13.3. The van der Waals surface area contributed by atoms with Gasteiger partial charge in [0, 0.05) is 18.0 Å². The van der Waals surface area contributed by atoms with Crippen LogP contribution in [-0.4, -0.2) is 23.4 Å². The second kappa shape index (κ2) is 7.74. The summed E-state index contributed by atoms with van der Waals surface area (Å²) in [5.74, 6) is 3.18. The first-order valence-corrected chi connectivity index (χ1v) is 12.6. The fourth-order valence-corrected chi connectivity index (χ4v) is 8.55. The second-order valence-corrected chi connectivity index (χ2v) is 11.3. The van der Waals surface area contributed by atoms with Crippen LogP contribution in [0.1, 0.15) is 71.3 Å². The first-order chi connectivity index (χ1) is 14.9. The maximum absolute atomic E-state index is 13.3. The van der Waals surface area contributed by atoms with Crippen LogP contribution in [0.5, 0.6) is 0 Å². The molecular formula is C28H38FNO. The van der Waals surface area contributed by atoms with Crippen LogP contribution < -0.4 is 0 Å². The van der Waals surface area contributed by atoms with Crippen molar-refractivity contribution in [2.24, 2.45) is 34.5 Å². The molecule has 1 aliphatic heterocycles. The molecule has 0 bridgehead atoms. The van der Waals surface area contributed by atoms with Crippen LogP contribution in [-0.2, 0) is 11.2 Å². The van der Waals surface area contributed by atoms with Crippen LogP contribution in [0, 0.1) is 40.3 Å². The van der Waals surface area contributed by atoms with E-state index in [-0.39, 0.29) is 17.1 Å². The minimum atomic E-state index is -0.140. The minimum absolute atomic E-state index is 0.139. The Hall–Kier alpha value is -1.64. The summed E-state index contributed by atoms with van der Waals surface area (Å²) in [5, 5.41) is 0. The van der Waals surface area contributed by atoms with Crippen LogP contribution in [0.3, 0.4) is 0 Å². The van der Waals surface area contributed by atoms with E-state index in [9.17, 15) is 9.18 Å². The van der Waals surface area contributed by atoms with Crippen LogP contribution >= 0.6 is 0 Å².